The molecule has 0 aromatic heterocycles. The highest BCUT2D eigenvalue weighted by atomic mass is 79.9. The van der Waals surface area contributed by atoms with E-state index in [2.05, 4.69) is 26.6 Å². The van der Waals surface area contributed by atoms with Crippen molar-refractivity contribution in [2.75, 3.05) is 25.1 Å². The number of amides is 2. The first-order valence-electron chi connectivity index (χ1n) is 16.6. The number of carbonyl (C=O) groups excluding carboxylic acids is 2. The Kier molecular flexibility index (Phi) is 23.6. The van der Waals surface area contributed by atoms with Crippen LogP contribution in [-0.2, 0) is 19.1 Å². The van der Waals surface area contributed by atoms with Gasteiger partial charge in [-0.15, -0.1) is 0 Å². The SMILES string of the molecule is CC[C@@H](O)[C@@H](O)[C@H](CO[C@H]1OC(CO)[C@H](O)[C@H](O)C1O)NC(=O)CCCCCCCCCCCNC(=O)CCCCCCBr. The van der Waals surface area contributed by atoms with E-state index in [4.69, 9.17) is 9.47 Å². The Morgan fingerprint density at radius 1 is 0.795 bits per heavy atom. The van der Waals surface area contributed by atoms with Crippen molar-refractivity contribution in [3.63, 3.8) is 0 Å². The second-order valence-electron chi connectivity index (χ2n) is 11.8. The quantitative estimate of drug-likeness (QED) is 0.0487. The first kappa shape index (κ1) is 41.1. The predicted molar refractivity (Wildman–Crippen MR) is 170 cm³/mol. The van der Waals surface area contributed by atoms with Crippen LogP contribution in [0.25, 0.3) is 0 Å². The van der Waals surface area contributed by atoms with Crippen LogP contribution in [0.15, 0.2) is 0 Å². The highest BCUT2D eigenvalue weighted by Gasteiger charge is 2.44. The van der Waals surface area contributed by atoms with Gasteiger partial charge >= 0.3 is 0 Å². The maximum absolute atomic E-state index is 12.6. The van der Waals surface area contributed by atoms with E-state index in [0.29, 0.717) is 12.8 Å². The number of aliphatic hydroxyl groups is 6. The molecule has 1 saturated heterocycles. The molecule has 0 aliphatic carbocycles. The molecule has 8 N–H and O–H groups in total. The number of alkyl halides is 1. The Balaban J connectivity index is 2.20. The van der Waals surface area contributed by atoms with Crippen LogP contribution in [0.5, 0.6) is 0 Å². The van der Waals surface area contributed by atoms with Crippen LogP contribution in [0.1, 0.15) is 110 Å². The Morgan fingerprint density at radius 2 is 1.34 bits per heavy atom. The molecule has 1 rings (SSSR count). The molecule has 1 fully saturated rings. The van der Waals surface area contributed by atoms with E-state index < -0.39 is 55.6 Å². The Morgan fingerprint density at radius 3 is 1.91 bits per heavy atom. The van der Waals surface area contributed by atoms with Gasteiger partial charge in [0.05, 0.1) is 25.4 Å². The number of rotatable bonds is 26. The number of nitrogens with one attached hydrogen (secondary N) is 2. The van der Waals surface area contributed by atoms with Crippen molar-refractivity contribution in [2.24, 2.45) is 0 Å². The van der Waals surface area contributed by atoms with Crippen LogP contribution >= 0.6 is 15.9 Å². The maximum Gasteiger partial charge on any atom is 0.220 e. The summed E-state index contributed by atoms with van der Waals surface area (Å²) in [5, 5.41) is 66.8. The molecule has 1 aliphatic rings. The molecule has 12 nitrogen and oxygen atoms in total. The number of aliphatic hydroxyl groups excluding tert-OH is 6. The molecular weight excluding hydrogens is 640 g/mol. The fraction of sp³-hybridized carbons (Fsp3) is 0.935. The van der Waals surface area contributed by atoms with Crippen LogP contribution in [0.4, 0.5) is 0 Å². The molecule has 13 heteroatoms. The minimum absolute atomic E-state index is 0.157. The first-order chi connectivity index (χ1) is 21.2. The number of ether oxygens (including phenoxy) is 2. The highest BCUT2D eigenvalue weighted by Crippen LogP contribution is 2.22. The van der Waals surface area contributed by atoms with Crippen molar-refractivity contribution in [3.05, 3.63) is 0 Å². The molecule has 0 aromatic carbocycles. The largest absolute Gasteiger partial charge is 0.394 e. The Labute approximate surface area is 271 Å². The van der Waals surface area contributed by atoms with Crippen molar-refractivity contribution < 1.29 is 49.7 Å². The number of unbranched alkanes of at least 4 members (excludes halogenated alkanes) is 11. The van der Waals surface area contributed by atoms with Crippen molar-refractivity contribution in [1.29, 1.82) is 0 Å². The molecule has 1 heterocycles. The second-order valence-corrected chi connectivity index (χ2v) is 12.6. The second kappa shape index (κ2) is 25.2. The average molecular weight is 700 g/mol. The summed E-state index contributed by atoms with van der Waals surface area (Å²) in [6, 6.07) is -1.01. The van der Waals surface area contributed by atoms with E-state index in [1.807, 2.05) is 0 Å². The lowest BCUT2D eigenvalue weighted by molar-refractivity contribution is -0.303. The molecule has 0 bridgehead atoms. The zero-order valence-electron chi connectivity index (χ0n) is 26.5. The lowest BCUT2D eigenvalue weighted by atomic mass is 9.99. The van der Waals surface area contributed by atoms with Crippen LogP contribution in [0.3, 0.4) is 0 Å². The van der Waals surface area contributed by atoms with E-state index in [1.54, 1.807) is 6.92 Å². The molecule has 0 radical (unpaired) electrons. The predicted octanol–water partition coefficient (Wildman–Crippen LogP) is 1.78. The third-order valence-electron chi connectivity index (χ3n) is 8.05. The van der Waals surface area contributed by atoms with E-state index in [-0.39, 0.29) is 31.3 Å². The molecule has 2 amide bonds. The molecular formula is C31H59BrN2O10. The number of carbonyl (C=O) groups is 2. The molecule has 0 aromatic rings. The molecule has 1 aliphatic heterocycles. The highest BCUT2D eigenvalue weighted by molar-refractivity contribution is 9.09. The van der Waals surface area contributed by atoms with Crippen LogP contribution in [0.2, 0.25) is 0 Å². The molecule has 0 spiro atoms. The summed E-state index contributed by atoms with van der Waals surface area (Å²) >= 11 is 3.42. The van der Waals surface area contributed by atoms with E-state index in [0.717, 1.165) is 82.5 Å². The van der Waals surface area contributed by atoms with Crippen molar-refractivity contribution >= 4 is 27.7 Å². The number of halogens is 1. The summed E-state index contributed by atoms with van der Waals surface area (Å²) in [5.41, 5.74) is 0. The number of hydrogen-bond donors (Lipinski definition) is 8. The standard InChI is InChI=1S/C31H59BrN2O10/c1-2-23(36)27(39)22(21-43-31-30(42)29(41)28(40)24(20-35)44-31)34-26(38)17-13-8-6-4-3-5-7-11-15-19-33-25(37)16-12-9-10-14-18-32/h22-24,27-31,35-36,39-42H,2-21H2,1H3,(H,33,37)(H,34,38)/t22-,23+,24?,27-,28-,29-,30?,31-/m0/s1. The molecule has 260 valence electrons. The lowest BCUT2D eigenvalue weighted by Crippen LogP contribution is -2.60. The fourth-order valence-electron chi connectivity index (χ4n) is 5.12. The summed E-state index contributed by atoms with van der Waals surface area (Å²) in [6.07, 6.45) is 4.90. The van der Waals surface area contributed by atoms with Crippen LogP contribution < -0.4 is 10.6 Å². The Hall–Kier alpha value is -0.900. The molecule has 2 unspecified atom stereocenters. The summed E-state index contributed by atoms with van der Waals surface area (Å²) < 4.78 is 10.8. The zero-order valence-corrected chi connectivity index (χ0v) is 28.0. The maximum atomic E-state index is 12.6. The van der Waals surface area contributed by atoms with Crippen molar-refractivity contribution in [3.8, 4) is 0 Å². The van der Waals surface area contributed by atoms with Crippen LogP contribution in [-0.4, -0.2) is 116 Å². The van der Waals surface area contributed by atoms with Gasteiger partial charge in [0.25, 0.3) is 0 Å². The first-order valence-corrected chi connectivity index (χ1v) is 17.7. The summed E-state index contributed by atoms with van der Waals surface area (Å²) in [5.74, 6) is -0.152. The van der Waals surface area contributed by atoms with Gasteiger partial charge in [-0.25, -0.2) is 0 Å². The summed E-state index contributed by atoms with van der Waals surface area (Å²) in [6.45, 7) is 1.48. The van der Waals surface area contributed by atoms with Gasteiger partial charge < -0.3 is 50.7 Å². The third-order valence-corrected chi connectivity index (χ3v) is 8.61. The zero-order chi connectivity index (χ0) is 32.7. The van der Waals surface area contributed by atoms with Gasteiger partial charge in [-0.3, -0.25) is 9.59 Å². The lowest BCUT2D eigenvalue weighted by Gasteiger charge is -2.40. The van der Waals surface area contributed by atoms with Crippen molar-refractivity contribution in [1.82, 2.24) is 10.6 Å². The van der Waals surface area contributed by atoms with Gasteiger partial charge in [0, 0.05) is 24.7 Å². The molecule has 0 saturated carbocycles. The minimum atomic E-state index is -1.61. The molecule has 44 heavy (non-hydrogen) atoms. The monoisotopic (exact) mass is 698 g/mol. The topological polar surface area (TPSA) is 198 Å². The van der Waals surface area contributed by atoms with Gasteiger partial charge in [-0.05, 0) is 32.1 Å². The summed E-state index contributed by atoms with van der Waals surface area (Å²) in [4.78, 5) is 24.4. The van der Waals surface area contributed by atoms with Crippen molar-refractivity contribution in [2.45, 2.75) is 159 Å². The average Bonchev–Trinajstić information content (AvgIpc) is 3.02. The van der Waals surface area contributed by atoms with E-state index >= 15 is 0 Å². The van der Waals surface area contributed by atoms with Gasteiger partial charge in [0.1, 0.15) is 30.5 Å². The van der Waals surface area contributed by atoms with Gasteiger partial charge in [-0.2, -0.15) is 0 Å². The summed E-state index contributed by atoms with van der Waals surface area (Å²) in [7, 11) is 0. The third kappa shape index (κ3) is 17.1. The normalized spacial score (nSPS) is 24.0. The van der Waals surface area contributed by atoms with E-state index in [1.165, 1.54) is 6.42 Å². The smallest absolute Gasteiger partial charge is 0.220 e. The van der Waals surface area contributed by atoms with Gasteiger partial charge in [0.2, 0.25) is 11.8 Å². The minimum Gasteiger partial charge on any atom is -0.394 e. The Bertz CT molecular complexity index is 750. The van der Waals surface area contributed by atoms with Gasteiger partial charge in [-0.1, -0.05) is 80.6 Å². The fourth-order valence-corrected chi connectivity index (χ4v) is 5.51. The molecule has 8 atom stereocenters. The van der Waals surface area contributed by atoms with Crippen LogP contribution in [0, 0.1) is 0 Å². The van der Waals surface area contributed by atoms with Gasteiger partial charge in [0.15, 0.2) is 6.29 Å². The number of hydrogen-bond acceptors (Lipinski definition) is 10. The van der Waals surface area contributed by atoms with E-state index in [9.17, 15) is 40.2 Å².